The van der Waals surface area contributed by atoms with Crippen molar-refractivity contribution in [1.82, 2.24) is 10.6 Å². The van der Waals surface area contributed by atoms with Crippen LogP contribution < -0.4 is 10.6 Å². The smallest absolute Gasteiger partial charge is 0.315 e. The van der Waals surface area contributed by atoms with E-state index in [1.165, 1.54) is 6.42 Å². The summed E-state index contributed by atoms with van der Waals surface area (Å²) in [4.78, 5) is 11.7. The molecule has 0 bridgehead atoms. The Balaban J connectivity index is 2.16. The van der Waals surface area contributed by atoms with Gasteiger partial charge in [-0.3, -0.25) is 0 Å². The maximum atomic E-state index is 11.7. The van der Waals surface area contributed by atoms with E-state index < -0.39 is 5.60 Å². The van der Waals surface area contributed by atoms with Crippen LogP contribution in [-0.4, -0.2) is 40.8 Å². The molecule has 0 spiro atoms. The van der Waals surface area contributed by atoms with Gasteiger partial charge in [-0.25, -0.2) is 4.79 Å². The lowest BCUT2D eigenvalue weighted by Crippen LogP contribution is -2.49. The predicted molar refractivity (Wildman–Crippen MR) is 81.6 cm³/mol. The lowest BCUT2D eigenvalue weighted by molar-refractivity contribution is 0.00713. The highest BCUT2D eigenvalue weighted by atomic mass is 32.2. The molecule has 0 radical (unpaired) electrons. The monoisotopic (exact) mass is 288 g/mol. The van der Waals surface area contributed by atoms with Crippen molar-refractivity contribution in [3.8, 4) is 0 Å². The fourth-order valence-electron chi connectivity index (χ4n) is 2.38. The van der Waals surface area contributed by atoms with Crippen molar-refractivity contribution < 1.29 is 9.90 Å². The van der Waals surface area contributed by atoms with Crippen molar-refractivity contribution >= 4 is 17.8 Å². The van der Waals surface area contributed by atoms with Gasteiger partial charge in [0.1, 0.15) is 0 Å². The summed E-state index contributed by atoms with van der Waals surface area (Å²) in [5, 5.41) is 16.0. The van der Waals surface area contributed by atoms with E-state index in [4.69, 9.17) is 0 Å². The van der Waals surface area contributed by atoms with Crippen LogP contribution >= 0.6 is 11.8 Å². The van der Waals surface area contributed by atoms with Crippen LogP contribution in [0.4, 0.5) is 4.79 Å². The third-order valence-electron chi connectivity index (χ3n) is 3.64. The number of urea groups is 1. The first-order chi connectivity index (χ1) is 9.06. The molecule has 19 heavy (non-hydrogen) atoms. The van der Waals surface area contributed by atoms with Gasteiger partial charge in [0.05, 0.1) is 5.60 Å². The third-order valence-corrected chi connectivity index (χ3v) is 4.57. The fraction of sp³-hybridized carbons (Fsp3) is 0.929. The molecule has 2 amide bonds. The molecule has 1 rings (SSSR count). The van der Waals surface area contributed by atoms with E-state index in [9.17, 15) is 9.90 Å². The summed E-state index contributed by atoms with van der Waals surface area (Å²) in [6.45, 7) is 4.53. The van der Waals surface area contributed by atoms with E-state index in [2.05, 4.69) is 17.6 Å². The van der Waals surface area contributed by atoms with E-state index >= 15 is 0 Å². The molecule has 1 fully saturated rings. The average Bonchev–Trinajstić information content (AvgIpc) is 2.38. The van der Waals surface area contributed by atoms with E-state index in [0.717, 1.165) is 43.6 Å². The zero-order valence-electron chi connectivity index (χ0n) is 12.2. The van der Waals surface area contributed by atoms with Crippen molar-refractivity contribution in [3.63, 3.8) is 0 Å². The van der Waals surface area contributed by atoms with E-state index in [-0.39, 0.29) is 12.1 Å². The summed E-state index contributed by atoms with van der Waals surface area (Å²) >= 11 is 1.89. The van der Waals surface area contributed by atoms with Crippen molar-refractivity contribution in [3.05, 3.63) is 0 Å². The molecule has 0 saturated heterocycles. The van der Waals surface area contributed by atoms with Crippen LogP contribution in [0.2, 0.25) is 0 Å². The molecule has 1 aliphatic rings. The van der Waals surface area contributed by atoms with Gasteiger partial charge in [-0.05, 0) is 37.7 Å². The molecule has 0 aromatic heterocycles. The van der Waals surface area contributed by atoms with Gasteiger partial charge in [0, 0.05) is 12.6 Å². The lowest BCUT2D eigenvalue weighted by Gasteiger charge is -2.32. The van der Waals surface area contributed by atoms with E-state index in [1.807, 2.05) is 18.7 Å². The summed E-state index contributed by atoms with van der Waals surface area (Å²) in [5.41, 5.74) is -0.684. The standard InChI is InChI=1S/C14H28N2O2S/c1-3-19-10-7-12(2)16-13(17)15-11-14(18)8-5-4-6-9-14/h12,18H,3-11H2,1-2H3,(H2,15,16,17). The molecule has 1 atom stereocenters. The van der Waals surface area contributed by atoms with Gasteiger partial charge in [-0.1, -0.05) is 26.2 Å². The Labute approximate surface area is 121 Å². The number of hydrogen-bond donors (Lipinski definition) is 3. The van der Waals surface area contributed by atoms with Gasteiger partial charge < -0.3 is 15.7 Å². The molecule has 5 heteroatoms. The van der Waals surface area contributed by atoms with Crippen molar-refractivity contribution in [2.24, 2.45) is 0 Å². The predicted octanol–water partition coefficient (Wildman–Crippen LogP) is 2.51. The highest BCUT2D eigenvalue weighted by molar-refractivity contribution is 7.99. The van der Waals surface area contributed by atoms with Gasteiger partial charge in [-0.15, -0.1) is 0 Å². The van der Waals surface area contributed by atoms with Gasteiger partial charge in [0.15, 0.2) is 0 Å². The molecular weight excluding hydrogens is 260 g/mol. The minimum Gasteiger partial charge on any atom is -0.388 e. The Morgan fingerprint density at radius 3 is 2.68 bits per heavy atom. The summed E-state index contributed by atoms with van der Waals surface area (Å²) < 4.78 is 0. The number of aliphatic hydroxyl groups is 1. The first-order valence-corrected chi connectivity index (χ1v) is 8.56. The number of amides is 2. The Bertz CT molecular complexity index is 268. The van der Waals surface area contributed by atoms with Crippen LogP contribution in [0.25, 0.3) is 0 Å². The molecule has 3 N–H and O–H groups in total. The van der Waals surface area contributed by atoms with Crippen molar-refractivity contribution in [2.45, 2.75) is 64.0 Å². The molecule has 0 heterocycles. The molecule has 0 aliphatic heterocycles. The Morgan fingerprint density at radius 1 is 1.37 bits per heavy atom. The van der Waals surface area contributed by atoms with E-state index in [1.54, 1.807) is 0 Å². The fourth-order valence-corrected chi connectivity index (χ4v) is 3.19. The normalized spacial score (nSPS) is 19.7. The highest BCUT2D eigenvalue weighted by Gasteiger charge is 2.29. The van der Waals surface area contributed by atoms with Crippen LogP contribution in [0.5, 0.6) is 0 Å². The second-order valence-corrected chi connectivity index (χ2v) is 6.89. The molecule has 1 unspecified atom stereocenters. The number of carbonyl (C=O) groups is 1. The minimum atomic E-state index is -0.684. The number of nitrogens with one attached hydrogen (secondary N) is 2. The Hall–Kier alpha value is -0.420. The van der Waals surface area contributed by atoms with Gasteiger partial charge >= 0.3 is 6.03 Å². The van der Waals surface area contributed by atoms with Crippen LogP contribution in [0.1, 0.15) is 52.4 Å². The zero-order valence-corrected chi connectivity index (χ0v) is 13.0. The maximum absolute atomic E-state index is 11.7. The summed E-state index contributed by atoms with van der Waals surface area (Å²) in [6, 6.07) is 0.0213. The van der Waals surface area contributed by atoms with Gasteiger partial charge in [-0.2, -0.15) is 11.8 Å². The second-order valence-electron chi connectivity index (χ2n) is 5.50. The average molecular weight is 288 g/mol. The minimum absolute atomic E-state index is 0.159. The summed E-state index contributed by atoms with van der Waals surface area (Å²) in [6.07, 6.45) is 5.90. The molecular formula is C14H28N2O2S. The van der Waals surface area contributed by atoms with Gasteiger partial charge in [0.2, 0.25) is 0 Å². The summed E-state index contributed by atoms with van der Waals surface area (Å²) in [7, 11) is 0. The zero-order chi connectivity index (χ0) is 14.1. The Kier molecular flexibility index (Phi) is 7.61. The quantitative estimate of drug-likeness (QED) is 0.631. The molecule has 1 aliphatic carbocycles. The van der Waals surface area contributed by atoms with Crippen LogP contribution in [0.15, 0.2) is 0 Å². The van der Waals surface area contributed by atoms with E-state index in [0.29, 0.717) is 6.54 Å². The third kappa shape index (κ3) is 7.06. The Morgan fingerprint density at radius 2 is 2.05 bits per heavy atom. The topological polar surface area (TPSA) is 61.4 Å². The molecule has 1 saturated carbocycles. The van der Waals surface area contributed by atoms with Crippen LogP contribution in [0.3, 0.4) is 0 Å². The maximum Gasteiger partial charge on any atom is 0.315 e. The molecule has 4 nitrogen and oxygen atoms in total. The number of thioether (sulfide) groups is 1. The van der Waals surface area contributed by atoms with Gasteiger partial charge in [0.25, 0.3) is 0 Å². The number of carbonyl (C=O) groups excluding carboxylic acids is 1. The molecule has 112 valence electrons. The van der Waals surface area contributed by atoms with Crippen LogP contribution in [0, 0.1) is 0 Å². The highest BCUT2D eigenvalue weighted by Crippen LogP contribution is 2.27. The first kappa shape index (κ1) is 16.6. The van der Waals surface area contributed by atoms with Crippen LogP contribution in [-0.2, 0) is 0 Å². The second kappa shape index (κ2) is 8.69. The lowest BCUT2D eigenvalue weighted by atomic mass is 9.85. The molecule has 0 aromatic rings. The van der Waals surface area contributed by atoms with Crippen molar-refractivity contribution in [1.29, 1.82) is 0 Å². The largest absolute Gasteiger partial charge is 0.388 e. The number of hydrogen-bond acceptors (Lipinski definition) is 3. The number of rotatable bonds is 7. The van der Waals surface area contributed by atoms with Crippen molar-refractivity contribution in [2.75, 3.05) is 18.1 Å². The summed E-state index contributed by atoms with van der Waals surface area (Å²) in [5.74, 6) is 2.19. The first-order valence-electron chi connectivity index (χ1n) is 7.40. The molecule has 0 aromatic carbocycles. The SMILES string of the molecule is CCSCCC(C)NC(=O)NCC1(O)CCCCC1.